The largest absolute Gasteiger partial charge is 0.481 e. The van der Waals surface area contributed by atoms with Gasteiger partial charge in [-0.3, -0.25) is 10.1 Å². The van der Waals surface area contributed by atoms with Crippen molar-refractivity contribution in [3.63, 3.8) is 0 Å². The van der Waals surface area contributed by atoms with Crippen LogP contribution in [0, 0.1) is 5.92 Å². The van der Waals surface area contributed by atoms with Crippen LogP contribution in [0.2, 0.25) is 0 Å². The third-order valence-electron chi connectivity index (χ3n) is 4.02. The maximum Gasteiger partial charge on any atom is 0.323 e. The van der Waals surface area contributed by atoms with Gasteiger partial charge in [-0.1, -0.05) is 35.5 Å². The van der Waals surface area contributed by atoms with Crippen molar-refractivity contribution >= 4 is 17.8 Å². The van der Waals surface area contributed by atoms with E-state index in [0.29, 0.717) is 31.7 Å². The fraction of sp³-hybridized carbons (Fsp3) is 0.375. The average Bonchev–Trinajstić information content (AvgIpc) is 3.02. The van der Waals surface area contributed by atoms with Crippen LogP contribution >= 0.6 is 0 Å². The lowest BCUT2D eigenvalue weighted by molar-refractivity contribution is -0.143. The molecule has 2 heterocycles. The number of hydrogen-bond donors (Lipinski definition) is 2. The molecule has 1 aliphatic heterocycles. The predicted octanol–water partition coefficient (Wildman–Crippen LogP) is 1.65. The van der Waals surface area contributed by atoms with Gasteiger partial charge in [0.15, 0.2) is 5.82 Å². The molecule has 1 atom stereocenters. The zero-order chi connectivity index (χ0) is 16.9. The summed E-state index contributed by atoms with van der Waals surface area (Å²) in [6.45, 7) is 1.33. The van der Waals surface area contributed by atoms with Crippen LogP contribution in [0.1, 0.15) is 18.4 Å². The Morgan fingerprint density at radius 1 is 1.29 bits per heavy atom. The fourth-order valence-corrected chi connectivity index (χ4v) is 2.76. The number of carboxylic acid groups (broad SMARTS) is 1. The lowest BCUT2D eigenvalue weighted by Gasteiger charge is -2.30. The van der Waals surface area contributed by atoms with Gasteiger partial charge in [0, 0.05) is 13.1 Å². The number of rotatable bonds is 4. The lowest BCUT2D eigenvalue weighted by atomic mass is 9.99. The number of likely N-dealkylation sites (tertiary alicyclic amines) is 1. The Morgan fingerprint density at radius 3 is 2.83 bits per heavy atom. The van der Waals surface area contributed by atoms with Gasteiger partial charge in [-0.15, -0.1) is 5.10 Å². The molecule has 8 heteroatoms. The molecule has 126 valence electrons. The molecule has 0 radical (unpaired) electrons. The van der Waals surface area contributed by atoms with Crippen molar-refractivity contribution < 1.29 is 14.7 Å². The van der Waals surface area contributed by atoms with Gasteiger partial charge in [-0.05, 0) is 18.4 Å². The molecule has 2 aromatic rings. The summed E-state index contributed by atoms with van der Waals surface area (Å²) in [5.41, 5.74) is 1.08. The average molecular weight is 329 g/mol. The number of nitrogens with zero attached hydrogens (tertiary/aromatic N) is 4. The molecular weight excluding hydrogens is 310 g/mol. The van der Waals surface area contributed by atoms with Crippen molar-refractivity contribution in [3.05, 3.63) is 42.1 Å². The van der Waals surface area contributed by atoms with Crippen molar-refractivity contribution in [3.8, 4) is 0 Å². The van der Waals surface area contributed by atoms with Gasteiger partial charge in [-0.2, -0.15) is 0 Å². The molecule has 3 rings (SSSR count). The summed E-state index contributed by atoms with van der Waals surface area (Å²) in [5, 5.41) is 19.7. The third-order valence-corrected chi connectivity index (χ3v) is 4.02. The number of aromatic nitrogens is 3. The van der Waals surface area contributed by atoms with Crippen LogP contribution in [0.4, 0.5) is 10.6 Å². The van der Waals surface area contributed by atoms with Crippen molar-refractivity contribution in [1.29, 1.82) is 0 Å². The van der Waals surface area contributed by atoms with Gasteiger partial charge < -0.3 is 10.0 Å². The first-order valence-corrected chi connectivity index (χ1v) is 7.84. The highest BCUT2D eigenvalue weighted by Crippen LogP contribution is 2.17. The molecule has 2 N–H and O–H groups in total. The number of nitrogens with one attached hydrogen (secondary N) is 1. The van der Waals surface area contributed by atoms with Crippen molar-refractivity contribution in [2.45, 2.75) is 19.4 Å². The number of carbonyl (C=O) groups excluding carboxylic acids is 1. The van der Waals surface area contributed by atoms with Crippen LogP contribution in [0.3, 0.4) is 0 Å². The molecule has 0 bridgehead atoms. The number of piperidine rings is 1. The van der Waals surface area contributed by atoms with E-state index in [1.165, 1.54) is 4.90 Å². The summed E-state index contributed by atoms with van der Waals surface area (Å²) in [5.74, 6) is -1.01. The number of carboxylic acids is 1. The molecule has 1 saturated heterocycles. The summed E-state index contributed by atoms with van der Waals surface area (Å²) in [4.78, 5) is 24.8. The Kier molecular flexibility index (Phi) is 4.74. The number of anilines is 1. The van der Waals surface area contributed by atoms with Crippen molar-refractivity contribution in [1.82, 2.24) is 19.9 Å². The number of hydrogen-bond acceptors (Lipinski definition) is 4. The summed E-state index contributed by atoms with van der Waals surface area (Å²) < 4.78 is 1.64. The number of benzene rings is 1. The molecule has 2 amide bonds. The zero-order valence-corrected chi connectivity index (χ0v) is 13.1. The maximum atomic E-state index is 12.2. The maximum absolute atomic E-state index is 12.2. The highest BCUT2D eigenvalue weighted by Gasteiger charge is 2.28. The van der Waals surface area contributed by atoms with Crippen LogP contribution < -0.4 is 5.32 Å². The third kappa shape index (κ3) is 3.89. The van der Waals surface area contributed by atoms with E-state index in [-0.39, 0.29) is 12.6 Å². The van der Waals surface area contributed by atoms with Crippen molar-refractivity contribution in [2.75, 3.05) is 18.4 Å². The molecule has 0 saturated carbocycles. The molecule has 8 nitrogen and oxygen atoms in total. The van der Waals surface area contributed by atoms with Crippen LogP contribution in [0.25, 0.3) is 0 Å². The van der Waals surface area contributed by atoms with Gasteiger partial charge >= 0.3 is 12.0 Å². The minimum Gasteiger partial charge on any atom is -0.481 e. The first kappa shape index (κ1) is 16.0. The Bertz CT molecular complexity index is 716. The van der Waals surface area contributed by atoms with E-state index in [9.17, 15) is 9.59 Å². The SMILES string of the molecule is O=C(O)C1CCCN(C(=O)Nc2cn(Cc3ccccc3)nn2)C1. The predicted molar refractivity (Wildman–Crippen MR) is 86.5 cm³/mol. The van der Waals surface area contributed by atoms with E-state index < -0.39 is 11.9 Å². The number of carbonyl (C=O) groups is 2. The Balaban J connectivity index is 1.58. The van der Waals surface area contributed by atoms with Crippen LogP contribution in [0.5, 0.6) is 0 Å². The van der Waals surface area contributed by atoms with Crippen LogP contribution in [-0.4, -0.2) is 50.1 Å². The quantitative estimate of drug-likeness (QED) is 0.888. The van der Waals surface area contributed by atoms with E-state index in [4.69, 9.17) is 5.11 Å². The number of urea groups is 1. The lowest BCUT2D eigenvalue weighted by Crippen LogP contribution is -2.44. The van der Waals surface area contributed by atoms with E-state index in [1.54, 1.807) is 10.9 Å². The smallest absolute Gasteiger partial charge is 0.323 e. The van der Waals surface area contributed by atoms with Crippen LogP contribution in [-0.2, 0) is 11.3 Å². The normalized spacial score (nSPS) is 17.5. The second-order valence-electron chi connectivity index (χ2n) is 5.84. The monoisotopic (exact) mass is 329 g/mol. The van der Waals surface area contributed by atoms with Gasteiger partial charge in [0.05, 0.1) is 18.7 Å². The zero-order valence-electron chi connectivity index (χ0n) is 13.1. The van der Waals surface area contributed by atoms with Crippen molar-refractivity contribution in [2.24, 2.45) is 5.92 Å². The Hall–Kier alpha value is -2.90. The van der Waals surface area contributed by atoms with Gasteiger partial charge in [0.1, 0.15) is 0 Å². The summed E-state index contributed by atoms with van der Waals surface area (Å²) in [6.07, 6.45) is 2.95. The second-order valence-corrected chi connectivity index (χ2v) is 5.84. The Labute approximate surface area is 139 Å². The van der Waals surface area contributed by atoms with Gasteiger partial charge in [-0.25, -0.2) is 9.48 Å². The van der Waals surface area contributed by atoms with E-state index in [1.807, 2.05) is 30.3 Å². The van der Waals surface area contributed by atoms with Crippen LogP contribution in [0.15, 0.2) is 36.5 Å². The molecule has 0 aliphatic carbocycles. The molecule has 1 aromatic heterocycles. The standard InChI is InChI=1S/C16H19N5O3/c22-15(23)13-7-4-8-20(10-13)16(24)17-14-11-21(19-18-14)9-12-5-2-1-3-6-12/h1-3,5-6,11,13H,4,7-10H2,(H,17,24)(H,22,23). The second kappa shape index (κ2) is 7.12. The van der Waals surface area contributed by atoms with E-state index in [2.05, 4.69) is 15.6 Å². The summed E-state index contributed by atoms with van der Waals surface area (Å²) in [6, 6.07) is 9.47. The van der Waals surface area contributed by atoms with E-state index >= 15 is 0 Å². The molecule has 1 unspecified atom stereocenters. The highest BCUT2D eigenvalue weighted by atomic mass is 16.4. The summed E-state index contributed by atoms with van der Waals surface area (Å²) in [7, 11) is 0. The molecule has 1 aliphatic rings. The number of aliphatic carboxylic acids is 1. The minimum atomic E-state index is -0.860. The minimum absolute atomic E-state index is 0.222. The summed E-state index contributed by atoms with van der Waals surface area (Å²) >= 11 is 0. The van der Waals surface area contributed by atoms with Gasteiger partial charge in [0.2, 0.25) is 0 Å². The Morgan fingerprint density at radius 2 is 2.08 bits per heavy atom. The molecule has 0 spiro atoms. The first-order valence-electron chi connectivity index (χ1n) is 7.84. The topological polar surface area (TPSA) is 100 Å². The van der Waals surface area contributed by atoms with Gasteiger partial charge in [0.25, 0.3) is 0 Å². The number of amides is 2. The van der Waals surface area contributed by atoms with E-state index in [0.717, 1.165) is 5.56 Å². The first-order chi connectivity index (χ1) is 11.6. The molecular formula is C16H19N5O3. The molecule has 1 fully saturated rings. The molecule has 24 heavy (non-hydrogen) atoms. The highest BCUT2D eigenvalue weighted by molar-refractivity contribution is 5.88. The molecule has 1 aromatic carbocycles. The fourth-order valence-electron chi connectivity index (χ4n) is 2.76.